The highest BCUT2D eigenvalue weighted by molar-refractivity contribution is 6.32. The summed E-state index contributed by atoms with van der Waals surface area (Å²) in [4.78, 5) is 23.3. The molecule has 7 heteroatoms. The molecule has 2 aliphatic carbocycles. The number of rotatable bonds is 5. The molecule has 0 amide bonds. The molecule has 424 valence electrons. The zero-order chi connectivity index (χ0) is 60.1. The van der Waals surface area contributed by atoms with Crippen molar-refractivity contribution >= 4 is 98.6 Å². The molecule has 0 aliphatic heterocycles. The molecule has 20 rings (SSSR count). The van der Waals surface area contributed by atoms with Crippen molar-refractivity contribution in [1.29, 1.82) is 0 Å². The van der Waals surface area contributed by atoms with Crippen LogP contribution in [0, 0.1) is 0 Å². The largest absolute Gasteiger partial charge is 0.354 e. The molecule has 0 bridgehead atoms. The van der Waals surface area contributed by atoms with Crippen molar-refractivity contribution < 1.29 is 0 Å². The first-order valence-electron chi connectivity index (χ1n) is 30.7. The minimum atomic E-state index is 0.686. The summed E-state index contributed by atoms with van der Waals surface area (Å²) in [5, 5.41) is 13.3. The quantitative estimate of drug-likeness (QED) is 0.186. The van der Waals surface area contributed by atoms with E-state index in [0.717, 1.165) is 72.8 Å². The lowest BCUT2D eigenvalue weighted by Gasteiger charge is -2.15. The molecule has 91 heavy (non-hydrogen) atoms. The summed E-state index contributed by atoms with van der Waals surface area (Å²) in [6.07, 6.45) is 0. The first kappa shape index (κ1) is 52.3. The Morgan fingerprint density at radius 3 is 1.25 bits per heavy atom. The summed E-state index contributed by atoms with van der Waals surface area (Å²) in [7, 11) is 0. The van der Waals surface area contributed by atoms with Crippen LogP contribution in [0.25, 0.3) is 182 Å². The van der Waals surface area contributed by atoms with Gasteiger partial charge >= 0.3 is 0 Å². The predicted molar refractivity (Wildman–Crippen MR) is 380 cm³/mol. The molecule has 6 nitrogen and oxygen atoms in total. The van der Waals surface area contributed by atoms with Gasteiger partial charge < -0.3 is 9.55 Å². The molecule has 0 saturated carbocycles. The Morgan fingerprint density at radius 1 is 0.275 bits per heavy atom. The van der Waals surface area contributed by atoms with Gasteiger partial charge in [0, 0.05) is 76.3 Å². The van der Waals surface area contributed by atoms with Gasteiger partial charge in [-0.15, -0.1) is 0 Å². The van der Waals surface area contributed by atoms with Crippen LogP contribution in [0.5, 0.6) is 0 Å². The Kier molecular flexibility index (Phi) is 12.2. The van der Waals surface area contributed by atoms with Crippen LogP contribution < -0.4 is 0 Å². The standard InChI is InChI=1S/C42H25N3.C22H13N.C20H13ClN2/c1-3-11-27(12-4-1)41-34-25-29(22-23-35(34)43-42(44-41)28-13-5-2-6-14-28)45-36-20-10-19-33-31-17-8-7-16-30(31)32-18-9-15-26-21-24-37(45)40(38(26)32)39(33)36;1-2-7-15-14(6-1)16-8-3-5-13-11-12-19-22(20(13)16)21-17(15)9-4-10-18(21)23-19;21-16-11-12-18-17(13-16)19(14-7-3-1-4-8-14)23-20(22-18)15-9-5-2-6-10-15/h1-25H;1-12,23H;1-13H. The van der Waals surface area contributed by atoms with Gasteiger partial charge in [-0.05, 0) is 127 Å². The molecule has 4 heterocycles. The lowest BCUT2D eigenvalue weighted by Crippen LogP contribution is -1.98. The van der Waals surface area contributed by atoms with E-state index in [1.165, 1.54) is 110 Å². The van der Waals surface area contributed by atoms with E-state index in [4.69, 9.17) is 31.5 Å². The predicted octanol–water partition coefficient (Wildman–Crippen LogP) is 22.6. The van der Waals surface area contributed by atoms with Gasteiger partial charge in [-0.25, -0.2) is 19.9 Å². The number of hydrogen-bond donors (Lipinski definition) is 1. The number of nitrogens with one attached hydrogen (secondary N) is 1. The molecule has 0 saturated heterocycles. The Morgan fingerprint density at radius 2 is 0.692 bits per heavy atom. The summed E-state index contributed by atoms with van der Waals surface area (Å²) < 4.78 is 2.43. The number of aromatic nitrogens is 6. The number of aromatic amines is 1. The van der Waals surface area contributed by atoms with Crippen LogP contribution in [-0.2, 0) is 0 Å². The summed E-state index contributed by atoms with van der Waals surface area (Å²) in [6, 6.07) is 106. The third-order valence-corrected chi connectivity index (χ3v) is 18.4. The summed E-state index contributed by atoms with van der Waals surface area (Å²) in [6.45, 7) is 0. The Labute approximate surface area is 528 Å². The van der Waals surface area contributed by atoms with Gasteiger partial charge in [-0.2, -0.15) is 0 Å². The van der Waals surface area contributed by atoms with Crippen LogP contribution in [0.4, 0.5) is 0 Å². The average Bonchev–Trinajstić information content (AvgIpc) is 1.59. The van der Waals surface area contributed by atoms with E-state index in [9.17, 15) is 0 Å². The average molecular weight is 1180 g/mol. The maximum Gasteiger partial charge on any atom is 0.160 e. The van der Waals surface area contributed by atoms with Gasteiger partial charge in [0.15, 0.2) is 11.6 Å². The van der Waals surface area contributed by atoms with Gasteiger partial charge in [-0.1, -0.05) is 254 Å². The van der Waals surface area contributed by atoms with E-state index < -0.39 is 0 Å². The minimum absolute atomic E-state index is 0.686. The monoisotopic (exact) mass is 1180 g/mol. The van der Waals surface area contributed by atoms with E-state index in [1.54, 1.807) is 0 Å². The van der Waals surface area contributed by atoms with Crippen molar-refractivity contribution in [2.75, 3.05) is 0 Å². The van der Waals surface area contributed by atoms with Crippen molar-refractivity contribution in [1.82, 2.24) is 29.5 Å². The highest BCUT2D eigenvalue weighted by Gasteiger charge is 2.26. The van der Waals surface area contributed by atoms with Crippen LogP contribution in [0.3, 0.4) is 0 Å². The van der Waals surface area contributed by atoms with Crippen molar-refractivity contribution in [3.8, 4) is 95.5 Å². The molecule has 0 unspecified atom stereocenters. The number of hydrogen-bond acceptors (Lipinski definition) is 4. The highest BCUT2D eigenvalue weighted by atomic mass is 35.5. The minimum Gasteiger partial charge on any atom is -0.354 e. The molecule has 0 radical (unpaired) electrons. The Bertz CT molecular complexity index is 5940. The SMILES string of the molecule is Clc1ccc2nc(-c3ccccc3)nc(-c3ccccc3)c2c1.c1ccc(-c2nc(-c3ccccc3)c3cc(-n4c5cccc6c5c5c7c(cccc7ccc54)-c4ccccc4-6)ccc3n2)cc1.c1ccc2c(c1)-c1cccc3ccc4[nH]c5cccc-2c5c4c13. The summed E-state index contributed by atoms with van der Waals surface area (Å²) >= 11 is 6.18. The van der Waals surface area contributed by atoms with Gasteiger partial charge in [0.2, 0.25) is 0 Å². The van der Waals surface area contributed by atoms with Crippen molar-refractivity contribution in [3.05, 3.63) is 308 Å². The number of benzene rings is 14. The molecule has 2 aliphatic rings. The van der Waals surface area contributed by atoms with E-state index in [-0.39, 0.29) is 0 Å². The second-order valence-corrected chi connectivity index (χ2v) is 23.8. The molecule has 0 atom stereocenters. The third kappa shape index (κ3) is 8.56. The fourth-order valence-corrected chi connectivity index (χ4v) is 14.4. The maximum atomic E-state index is 6.18. The van der Waals surface area contributed by atoms with Crippen molar-refractivity contribution in [3.63, 3.8) is 0 Å². The topological polar surface area (TPSA) is 72.3 Å². The van der Waals surface area contributed by atoms with E-state index in [1.807, 2.05) is 91.0 Å². The number of H-pyrrole nitrogens is 1. The summed E-state index contributed by atoms with van der Waals surface area (Å²) in [5.41, 5.74) is 24.2. The molecular formula is C84H51ClN6. The zero-order valence-corrected chi connectivity index (χ0v) is 49.7. The summed E-state index contributed by atoms with van der Waals surface area (Å²) in [5.74, 6) is 1.45. The third-order valence-electron chi connectivity index (χ3n) is 18.2. The van der Waals surface area contributed by atoms with Crippen LogP contribution in [0.2, 0.25) is 5.02 Å². The van der Waals surface area contributed by atoms with Crippen molar-refractivity contribution in [2.45, 2.75) is 0 Å². The normalized spacial score (nSPS) is 11.8. The molecular weight excluding hydrogens is 1130 g/mol. The van der Waals surface area contributed by atoms with Gasteiger partial charge in [0.05, 0.1) is 33.5 Å². The fourth-order valence-electron chi connectivity index (χ4n) is 14.2. The van der Waals surface area contributed by atoms with E-state index in [2.05, 4.69) is 222 Å². The second kappa shape index (κ2) is 21.2. The van der Waals surface area contributed by atoms with Gasteiger partial charge in [0.1, 0.15) is 0 Å². The molecule has 14 aromatic carbocycles. The molecule has 1 N–H and O–H groups in total. The lowest BCUT2D eigenvalue weighted by molar-refractivity contribution is 1.18. The molecule has 0 fully saturated rings. The number of nitrogens with zero attached hydrogens (tertiary/aromatic N) is 5. The van der Waals surface area contributed by atoms with Gasteiger partial charge in [0.25, 0.3) is 0 Å². The maximum absolute atomic E-state index is 6.18. The van der Waals surface area contributed by atoms with E-state index >= 15 is 0 Å². The Hall–Kier alpha value is -11.8. The first-order valence-corrected chi connectivity index (χ1v) is 31.1. The smallest absolute Gasteiger partial charge is 0.160 e. The molecule has 18 aromatic rings. The molecule has 0 spiro atoms. The Balaban J connectivity index is 0.000000112. The lowest BCUT2D eigenvalue weighted by atomic mass is 9.93. The van der Waals surface area contributed by atoms with Crippen LogP contribution in [0.15, 0.2) is 303 Å². The van der Waals surface area contributed by atoms with Crippen LogP contribution >= 0.6 is 11.6 Å². The zero-order valence-electron chi connectivity index (χ0n) is 49.0. The second-order valence-electron chi connectivity index (χ2n) is 23.4. The van der Waals surface area contributed by atoms with Crippen LogP contribution in [-0.4, -0.2) is 29.5 Å². The molecule has 4 aromatic heterocycles. The number of fused-ring (bicyclic) bond motifs is 8. The fraction of sp³-hybridized carbons (Fsp3) is 0. The number of halogens is 1. The van der Waals surface area contributed by atoms with Crippen molar-refractivity contribution in [2.24, 2.45) is 0 Å². The first-order chi connectivity index (χ1) is 45.1. The van der Waals surface area contributed by atoms with Crippen LogP contribution in [0.1, 0.15) is 0 Å². The van der Waals surface area contributed by atoms with Gasteiger partial charge in [-0.3, -0.25) is 0 Å². The highest BCUT2D eigenvalue weighted by Crippen LogP contribution is 2.51. The van der Waals surface area contributed by atoms with E-state index in [0.29, 0.717) is 5.02 Å².